The maximum absolute atomic E-state index is 13.1. The highest BCUT2D eigenvalue weighted by Crippen LogP contribution is 2.17. The Labute approximate surface area is 121 Å². The van der Waals surface area contributed by atoms with E-state index in [4.69, 9.17) is 23.2 Å². The molecular formula is C15H11Cl2FO. The fourth-order valence-electron chi connectivity index (χ4n) is 1.77. The SMILES string of the molecule is O=C(CCc1ccc(Cl)cc1)c1cc(F)cc(Cl)c1. The lowest BCUT2D eigenvalue weighted by atomic mass is 10.0. The highest BCUT2D eigenvalue weighted by molar-refractivity contribution is 6.31. The lowest BCUT2D eigenvalue weighted by Crippen LogP contribution is -2.02. The maximum Gasteiger partial charge on any atom is 0.163 e. The summed E-state index contributed by atoms with van der Waals surface area (Å²) in [6.07, 6.45) is 0.894. The van der Waals surface area contributed by atoms with Crippen molar-refractivity contribution in [2.75, 3.05) is 0 Å². The van der Waals surface area contributed by atoms with E-state index >= 15 is 0 Å². The molecule has 0 fully saturated rings. The van der Waals surface area contributed by atoms with E-state index in [0.717, 1.165) is 5.56 Å². The van der Waals surface area contributed by atoms with Crippen molar-refractivity contribution in [3.05, 3.63) is 69.5 Å². The van der Waals surface area contributed by atoms with Crippen molar-refractivity contribution < 1.29 is 9.18 Å². The van der Waals surface area contributed by atoms with Crippen LogP contribution in [0.1, 0.15) is 22.3 Å². The fraction of sp³-hybridized carbons (Fsp3) is 0.133. The second kappa shape index (κ2) is 6.18. The number of carbonyl (C=O) groups excluding carboxylic acids is 1. The first-order valence-electron chi connectivity index (χ1n) is 5.78. The Morgan fingerprint density at radius 1 is 1.00 bits per heavy atom. The zero-order valence-electron chi connectivity index (χ0n) is 10.00. The Kier molecular flexibility index (Phi) is 4.56. The molecule has 2 aromatic rings. The molecule has 0 aromatic heterocycles. The zero-order chi connectivity index (χ0) is 13.8. The van der Waals surface area contributed by atoms with Crippen molar-refractivity contribution in [1.29, 1.82) is 0 Å². The van der Waals surface area contributed by atoms with Gasteiger partial charge in [-0.15, -0.1) is 0 Å². The number of halogens is 3. The molecule has 19 heavy (non-hydrogen) atoms. The molecule has 0 radical (unpaired) electrons. The van der Waals surface area contributed by atoms with Crippen LogP contribution in [-0.2, 0) is 6.42 Å². The molecule has 1 nitrogen and oxygen atoms in total. The first kappa shape index (κ1) is 14.0. The molecule has 0 heterocycles. The van der Waals surface area contributed by atoms with Gasteiger partial charge in [-0.05, 0) is 42.3 Å². The number of benzene rings is 2. The van der Waals surface area contributed by atoms with Gasteiger partial charge in [-0.1, -0.05) is 35.3 Å². The monoisotopic (exact) mass is 296 g/mol. The van der Waals surface area contributed by atoms with Gasteiger partial charge in [0.15, 0.2) is 5.78 Å². The van der Waals surface area contributed by atoms with Gasteiger partial charge in [0.1, 0.15) is 5.82 Å². The average molecular weight is 297 g/mol. The van der Waals surface area contributed by atoms with Crippen molar-refractivity contribution in [2.24, 2.45) is 0 Å². The van der Waals surface area contributed by atoms with Gasteiger partial charge in [0.05, 0.1) is 0 Å². The summed E-state index contributed by atoms with van der Waals surface area (Å²) < 4.78 is 13.1. The van der Waals surface area contributed by atoms with Crippen LogP contribution in [0.5, 0.6) is 0 Å². The van der Waals surface area contributed by atoms with Crippen molar-refractivity contribution in [3.8, 4) is 0 Å². The second-order valence-electron chi connectivity index (χ2n) is 4.21. The lowest BCUT2D eigenvalue weighted by molar-refractivity contribution is 0.0982. The zero-order valence-corrected chi connectivity index (χ0v) is 11.5. The molecule has 0 unspecified atom stereocenters. The van der Waals surface area contributed by atoms with E-state index in [2.05, 4.69) is 0 Å². The molecule has 0 atom stereocenters. The summed E-state index contributed by atoms with van der Waals surface area (Å²) in [5, 5.41) is 0.891. The molecule has 98 valence electrons. The van der Waals surface area contributed by atoms with E-state index in [9.17, 15) is 9.18 Å². The smallest absolute Gasteiger partial charge is 0.163 e. The number of Topliss-reactive ketones (excluding diaryl/α,β-unsaturated/α-hetero) is 1. The Hall–Kier alpha value is -1.38. The van der Waals surface area contributed by atoms with E-state index in [1.54, 1.807) is 12.1 Å². The van der Waals surface area contributed by atoms with Crippen molar-refractivity contribution in [2.45, 2.75) is 12.8 Å². The summed E-state index contributed by atoms with van der Waals surface area (Å²) in [7, 11) is 0. The summed E-state index contributed by atoms with van der Waals surface area (Å²) in [4.78, 5) is 11.9. The van der Waals surface area contributed by atoms with E-state index in [1.807, 2.05) is 12.1 Å². The maximum atomic E-state index is 13.1. The molecule has 0 aliphatic heterocycles. The van der Waals surface area contributed by atoms with Gasteiger partial charge < -0.3 is 0 Å². The molecule has 0 N–H and O–H groups in total. The summed E-state index contributed by atoms with van der Waals surface area (Å²) in [5.41, 5.74) is 1.32. The molecule has 2 aromatic carbocycles. The number of aryl methyl sites for hydroxylation is 1. The van der Waals surface area contributed by atoms with E-state index < -0.39 is 5.82 Å². The lowest BCUT2D eigenvalue weighted by Gasteiger charge is -2.03. The quantitative estimate of drug-likeness (QED) is 0.730. The normalized spacial score (nSPS) is 10.5. The van der Waals surface area contributed by atoms with Crippen molar-refractivity contribution in [1.82, 2.24) is 0 Å². The predicted molar refractivity (Wildman–Crippen MR) is 75.5 cm³/mol. The number of carbonyl (C=O) groups is 1. The molecule has 0 bridgehead atoms. The van der Waals surface area contributed by atoms with Crippen LogP contribution in [0, 0.1) is 5.82 Å². The molecule has 4 heteroatoms. The number of ketones is 1. The fourth-order valence-corrected chi connectivity index (χ4v) is 2.12. The number of rotatable bonds is 4. The second-order valence-corrected chi connectivity index (χ2v) is 5.08. The highest BCUT2D eigenvalue weighted by atomic mass is 35.5. The van der Waals surface area contributed by atoms with E-state index in [0.29, 0.717) is 23.4 Å². The molecule has 0 amide bonds. The third-order valence-electron chi connectivity index (χ3n) is 2.74. The third kappa shape index (κ3) is 4.05. The molecule has 0 spiro atoms. The minimum absolute atomic E-state index is 0.128. The Balaban J connectivity index is 2.03. The Morgan fingerprint density at radius 3 is 2.32 bits per heavy atom. The first-order chi connectivity index (χ1) is 9.04. The molecular weight excluding hydrogens is 286 g/mol. The van der Waals surface area contributed by atoms with E-state index in [1.165, 1.54) is 18.2 Å². The van der Waals surface area contributed by atoms with Crippen LogP contribution < -0.4 is 0 Å². The van der Waals surface area contributed by atoms with Gasteiger partial charge in [0.25, 0.3) is 0 Å². The van der Waals surface area contributed by atoms with Gasteiger partial charge in [-0.3, -0.25) is 4.79 Å². The first-order valence-corrected chi connectivity index (χ1v) is 6.54. The summed E-state index contributed by atoms with van der Waals surface area (Å²) in [5.74, 6) is -0.626. The minimum atomic E-state index is -0.498. The highest BCUT2D eigenvalue weighted by Gasteiger charge is 2.09. The molecule has 0 saturated carbocycles. The number of hydrogen-bond donors (Lipinski definition) is 0. The molecule has 0 aliphatic rings. The van der Waals surface area contributed by atoms with Gasteiger partial charge in [-0.25, -0.2) is 4.39 Å². The standard InChI is InChI=1S/C15H11Cl2FO/c16-12-4-1-10(2-5-12)3-6-15(19)11-7-13(17)9-14(18)8-11/h1-2,4-5,7-9H,3,6H2. The van der Waals surface area contributed by atoms with E-state index in [-0.39, 0.29) is 10.8 Å². The third-order valence-corrected chi connectivity index (χ3v) is 3.21. The van der Waals surface area contributed by atoms with Crippen LogP contribution in [0.3, 0.4) is 0 Å². The van der Waals surface area contributed by atoms with Crippen LogP contribution >= 0.6 is 23.2 Å². The Bertz CT molecular complexity index is 573. The molecule has 2 rings (SSSR count). The Morgan fingerprint density at radius 2 is 1.68 bits per heavy atom. The van der Waals surface area contributed by atoms with Crippen LogP contribution in [0.15, 0.2) is 42.5 Å². The average Bonchev–Trinajstić information content (AvgIpc) is 2.36. The van der Waals surface area contributed by atoms with Crippen molar-refractivity contribution in [3.63, 3.8) is 0 Å². The van der Waals surface area contributed by atoms with Gasteiger partial charge in [0, 0.05) is 22.0 Å². The van der Waals surface area contributed by atoms with Crippen molar-refractivity contribution >= 4 is 29.0 Å². The largest absolute Gasteiger partial charge is 0.294 e. The van der Waals surface area contributed by atoms with Gasteiger partial charge in [-0.2, -0.15) is 0 Å². The summed E-state index contributed by atoms with van der Waals surface area (Å²) >= 11 is 11.5. The predicted octanol–water partition coefficient (Wildman–Crippen LogP) is 4.95. The minimum Gasteiger partial charge on any atom is -0.294 e. The van der Waals surface area contributed by atoms with Crippen LogP contribution in [0.25, 0.3) is 0 Å². The topological polar surface area (TPSA) is 17.1 Å². The van der Waals surface area contributed by atoms with Gasteiger partial charge in [0.2, 0.25) is 0 Å². The van der Waals surface area contributed by atoms with Crippen LogP contribution in [0.2, 0.25) is 10.0 Å². The molecule has 0 saturated heterocycles. The summed E-state index contributed by atoms with van der Waals surface area (Å²) in [6.45, 7) is 0. The van der Waals surface area contributed by atoms with Gasteiger partial charge >= 0.3 is 0 Å². The summed E-state index contributed by atoms with van der Waals surface area (Å²) in [6, 6.07) is 11.2. The van der Waals surface area contributed by atoms with Crippen LogP contribution in [-0.4, -0.2) is 5.78 Å². The molecule has 0 aliphatic carbocycles. The number of hydrogen-bond acceptors (Lipinski definition) is 1. The van der Waals surface area contributed by atoms with Crippen LogP contribution in [0.4, 0.5) is 4.39 Å².